The van der Waals surface area contributed by atoms with Gasteiger partial charge in [0.1, 0.15) is 0 Å². The zero-order valence-electron chi connectivity index (χ0n) is 7.90. The summed E-state index contributed by atoms with van der Waals surface area (Å²) in [5.41, 5.74) is 0. The number of halogens is 8. The molecule has 100 valence electrons. The van der Waals surface area contributed by atoms with Crippen LogP contribution in [0.5, 0.6) is 0 Å². The van der Waals surface area contributed by atoms with E-state index in [1.165, 1.54) is 0 Å². The molecule has 0 amide bonds. The zero-order valence-corrected chi connectivity index (χ0v) is 8.71. The van der Waals surface area contributed by atoms with E-state index >= 15 is 0 Å². The summed E-state index contributed by atoms with van der Waals surface area (Å²) in [6.07, 6.45) is -5.17. The average Bonchev–Trinajstić information content (AvgIpc) is 2.17. The molecule has 0 aliphatic rings. The summed E-state index contributed by atoms with van der Waals surface area (Å²) >= 11 is 0. The van der Waals surface area contributed by atoms with Crippen LogP contribution < -0.4 is 0 Å². The van der Waals surface area contributed by atoms with Crippen molar-refractivity contribution in [2.24, 2.45) is 0 Å². The van der Waals surface area contributed by atoms with E-state index < -0.39 is 26.4 Å². The predicted octanol–water partition coefficient (Wildman–Crippen LogP) is 5.32. The van der Waals surface area contributed by atoms with E-state index in [1.54, 1.807) is 0 Å². The largest absolute Gasteiger partial charge is 0.416 e. The summed E-state index contributed by atoms with van der Waals surface area (Å²) in [7, 11) is -10.4. The Kier molecular flexibility index (Phi) is 2.54. The molecule has 0 aromatic heterocycles. The Morgan fingerprint density at radius 3 is 1.65 bits per heavy atom. The van der Waals surface area contributed by atoms with Crippen LogP contribution in [0.3, 0.4) is 0 Å². The average molecular weight is 286 g/mol. The first-order valence-electron chi connectivity index (χ1n) is 4.04. The Morgan fingerprint density at radius 1 is 0.882 bits per heavy atom. The molecule has 0 bridgehead atoms. The van der Waals surface area contributed by atoms with Gasteiger partial charge in [-0.2, -0.15) is 8.78 Å². The summed E-state index contributed by atoms with van der Waals surface area (Å²) in [5, 5.41) is -6.71. The number of rotatable bonds is 3. The maximum absolute atomic E-state index is 13.1. The SMILES string of the molecule is FC(F)C(F)(F)S(F)(F)(F)(F)c1ccccc1. The molecular formula is C8H6F8S. The summed E-state index contributed by atoms with van der Waals surface area (Å²) in [5.74, 6) is 0. The van der Waals surface area contributed by atoms with Gasteiger partial charge in [0, 0.05) is 0 Å². The van der Waals surface area contributed by atoms with Gasteiger partial charge in [-0.05, 0) is 12.1 Å². The molecule has 9 heteroatoms. The lowest BCUT2D eigenvalue weighted by atomic mass is 10.4. The molecule has 0 aliphatic heterocycles. The third-order valence-corrected chi connectivity index (χ3v) is 4.51. The van der Waals surface area contributed by atoms with E-state index in [1.807, 2.05) is 0 Å². The monoisotopic (exact) mass is 286 g/mol. The minimum absolute atomic E-state index is 0.00214. The van der Waals surface area contributed by atoms with Crippen molar-refractivity contribution in [3.8, 4) is 0 Å². The van der Waals surface area contributed by atoms with Crippen molar-refractivity contribution in [2.45, 2.75) is 16.6 Å². The lowest BCUT2D eigenvalue weighted by Gasteiger charge is -2.53. The van der Waals surface area contributed by atoms with Gasteiger partial charge in [-0.3, -0.25) is 0 Å². The summed E-state index contributed by atoms with van der Waals surface area (Å²) in [6.45, 7) is 0. The van der Waals surface area contributed by atoms with Crippen LogP contribution in [0, 0.1) is 0 Å². The third kappa shape index (κ3) is 1.76. The fourth-order valence-electron chi connectivity index (χ4n) is 1.03. The molecule has 0 unspecified atom stereocenters. The lowest BCUT2D eigenvalue weighted by molar-refractivity contribution is -0.0828. The van der Waals surface area contributed by atoms with Crippen LogP contribution in [0.4, 0.5) is 33.1 Å². The molecule has 0 radical (unpaired) electrons. The van der Waals surface area contributed by atoms with Gasteiger partial charge in [-0.25, -0.2) is 8.78 Å². The normalized spacial score (nSPS) is 17.7. The van der Waals surface area contributed by atoms with Crippen molar-refractivity contribution in [1.29, 1.82) is 0 Å². The maximum atomic E-state index is 13.1. The lowest BCUT2D eigenvalue weighted by Crippen LogP contribution is -2.42. The Labute approximate surface area is 90.7 Å². The summed E-state index contributed by atoms with van der Waals surface area (Å²) in [6, 6.07) is 2.28. The van der Waals surface area contributed by atoms with E-state index in [0.717, 1.165) is 6.07 Å². The van der Waals surface area contributed by atoms with Crippen LogP contribution in [0.15, 0.2) is 35.2 Å². The first-order chi connectivity index (χ1) is 7.33. The first kappa shape index (κ1) is 14.1. The summed E-state index contributed by atoms with van der Waals surface area (Å²) in [4.78, 5) is -2.38. The molecular weight excluding hydrogens is 280 g/mol. The van der Waals surface area contributed by atoms with E-state index in [0.29, 0.717) is 12.1 Å². The third-order valence-electron chi connectivity index (χ3n) is 2.02. The van der Waals surface area contributed by atoms with Crippen LogP contribution in [-0.4, -0.2) is 11.7 Å². The molecule has 0 saturated carbocycles. The van der Waals surface area contributed by atoms with Crippen molar-refractivity contribution in [3.63, 3.8) is 0 Å². The highest BCUT2D eigenvalue weighted by molar-refractivity contribution is 8.50. The molecule has 0 saturated heterocycles. The smallest absolute Gasteiger partial charge is 0.202 e. The van der Waals surface area contributed by atoms with E-state index in [-0.39, 0.29) is 12.1 Å². The Bertz CT molecular complexity index is 419. The molecule has 1 aromatic carbocycles. The molecule has 0 fully saturated rings. The number of alkyl halides is 4. The molecule has 0 spiro atoms. The van der Waals surface area contributed by atoms with Crippen LogP contribution in [0.25, 0.3) is 0 Å². The van der Waals surface area contributed by atoms with Gasteiger partial charge in [-0.1, -0.05) is 18.2 Å². The Morgan fingerprint density at radius 2 is 1.29 bits per heavy atom. The van der Waals surface area contributed by atoms with Gasteiger partial charge in [-0.15, -0.1) is 15.5 Å². The second-order valence-corrected chi connectivity index (χ2v) is 6.40. The van der Waals surface area contributed by atoms with E-state index in [4.69, 9.17) is 0 Å². The van der Waals surface area contributed by atoms with Crippen LogP contribution in [0.1, 0.15) is 0 Å². The van der Waals surface area contributed by atoms with Gasteiger partial charge in [0.05, 0.1) is 4.90 Å². The van der Waals surface area contributed by atoms with E-state index in [9.17, 15) is 33.1 Å². The quantitative estimate of drug-likeness (QED) is 0.660. The van der Waals surface area contributed by atoms with Crippen LogP contribution in [-0.2, 0) is 0 Å². The summed E-state index contributed by atoms with van der Waals surface area (Å²) < 4.78 is 101. The van der Waals surface area contributed by atoms with Gasteiger partial charge in [0.2, 0.25) is 9.84 Å². The van der Waals surface area contributed by atoms with Crippen LogP contribution in [0.2, 0.25) is 0 Å². The molecule has 1 rings (SSSR count). The molecule has 0 aliphatic carbocycles. The molecule has 17 heavy (non-hydrogen) atoms. The second-order valence-electron chi connectivity index (χ2n) is 3.24. The number of benzene rings is 1. The van der Waals surface area contributed by atoms with Crippen LogP contribution >= 0.6 is 9.84 Å². The number of hydrogen-bond acceptors (Lipinski definition) is 0. The number of hydrogen-bond donors (Lipinski definition) is 0. The van der Waals surface area contributed by atoms with Crippen molar-refractivity contribution in [1.82, 2.24) is 0 Å². The van der Waals surface area contributed by atoms with Gasteiger partial charge in [0.15, 0.2) is 0 Å². The minimum Gasteiger partial charge on any atom is -0.202 e. The highest BCUT2D eigenvalue weighted by atomic mass is 32.5. The standard InChI is InChI=1S/C8H6F8S/c9-7(10)8(11,12)17(13,14,15,16)6-4-2-1-3-5-6/h1-5,7H. The fraction of sp³-hybridized carbons (Fsp3) is 0.250. The van der Waals surface area contributed by atoms with Gasteiger partial charge < -0.3 is 0 Å². The second kappa shape index (κ2) is 3.06. The van der Waals surface area contributed by atoms with Crippen molar-refractivity contribution < 1.29 is 33.1 Å². The van der Waals surface area contributed by atoms with Crippen molar-refractivity contribution in [2.75, 3.05) is 0 Å². The molecule has 0 nitrogen and oxygen atoms in total. The Hall–Kier alpha value is -0.990. The zero-order chi connectivity index (χ0) is 13.6. The molecule has 1 aromatic rings. The highest BCUT2D eigenvalue weighted by Gasteiger charge is 2.85. The maximum Gasteiger partial charge on any atom is 0.416 e. The van der Waals surface area contributed by atoms with Gasteiger partial charge in [0.25, 0.3) is 0 Å². The van der Waals surface area contributed by atoms with Crippen molar-refractivity contribution >= 4 is 9.84 Å². The minimum atomic E-state index is -10.4. The first-order valence-corrected chi connectivity index (χ1v) is 6.09. The fourth-order valence-corrected chi connectivity index (χ4v) is 2.41. The Balaban J connectivity index is 3.61. The molecule has 0 N–H and O–H groups in total. The van der Waals surface area contributed by atoms with E-state index in [2.05, 4.69) is 0 Å². The predicted molar refractivity (Wildman–Crippen MR) is 47.7 cm³/mol. The van der Waals surface area contributed by atoms with Crippen molar-refractivity contribution in [3.05, 3.63) is 30.3 Å². The topological polar surface area (TPSA) is 0 Å². The molecule has 0 atom stereocenters. The van der Waals surface area contributed by atoms with Gasteiger partial charge >= 0.3 is 11.7 Å². The molecule has 0 heterocycles. The highest BCUT2D eigenvalue weighted by Crippen LogP contribution is 3.07.